The van der Waals surface area contributed by atoms with Crippen LogP contribution in [0, 0.1) is 17.0 Å². The highest BCUT2D eigenvalue weighted by molar-refractivity contribution is 5.61. The molecule has 1 fully saturated rings. The second-order valence-corrected chi connectivity index (χ2v) is 4.40. The molecule has 1 saturated carbocycles. The molecule has 1 aliphatic carbocycles. The highest BCUT2D eigenvalue weighted by Gasteiger charge is 2.32. The summed E-state index contributed by atoms with van der Waals surface area (Å²) in [4.78, 5) is 18.5. The third-order valence-electron chi connectivity index (χ3n) is 3.14. The molecule has 0 bridgehead atoms. The molecule has 0 radical (unpaired) electrons. The molecule has 0 aromatic carbocycles. The summed E-state index contributed by atoms with van der Waals surface area (Å²) in [7, 11) is 1.65. The number of aromatic nitrogens is 2. The second kappa shape index (κ2) is 5.33. The molecule has 1 aliphatic rings. The lowest BCUT2D eigenvalue weighted by Crippen LogP contribution is -2.40. The van der Waals surface area contributed by atoms with Gasteiger partial charge in [-0.15, -0.1) is 0 Å². The van der Waals surface area contributed by atoms with Gasteiger partial charge in [-0.25, -0.2) is 10.8 Å². The van der Waals surface area contributed by atoms with Crippen molar-refractivity contribution in [2.24, 2.45) is 5.84 Å². The predicted octanol–water partition coefficient (Wildman–Crippen LogP) is 0.568. The van der Waals surface area contributed by atoms with Gasteiger partial charge in [0.15, 0.2) is 0 Å². The van der Waals surface area contributed by atoms with Gasteiger partial charge < -0.3 is 10.1 Å². The van der Waals surface area contributed by atoms with Gasteiger partial charge in [0.25, 0.3) is 0 Å². The van der Waals surface area contributed by atoms with Gasteiger partial charge >= 0.3 is 5.69 Å². The quantitative estimate of drug-likeness (QED) is 0.401. The van der Waals surface area contributed by atoms with Crippen molar-refractivity contribution in [1.82, 2.24) is 9.97 Å². The number of nitro groups is 1. The molecule has 19 heavy (non-hydrogen) atoms. The summed E-state index contributed by atoms with van der Waals surface area (Å²) in [5, 5.41) is 14.1. The first-order chi connectivity index (χ1) is 9.05. The molecule has 1 heterocycles. The normalized spacial score (nSPS) is 21.6. The first-order valence-electron chi connectivity index (χ1n) is 5.84. The number of hydrogen-bond donors (Lipinski definition) is 3. The maximum absolute atomic E-state index is 11.1. The molecule has 9 nitrogen and oxygen atoms in total. The van der Waals surface area contributed by atoms with Crippen molar-refractivity contribution < 1.29 is 9.66 Å². The standard InChI is InChI=1S/C10H16N6O3/c1-5-8(16(17)18)9(14-10(12-5)15-11)13-6-3-7(4-6)19-2/h6-7H,3-4,11H2,1-2H3,(H2,12,13,14,15). The van der Waals surface area contributed by atoms with E-state index in [2.05, 4.69) is 20.7 Å². The first-order valence-corrected chi connectivity index (χ1v) is 5.84. The number of ether oxygens (including phenoxy) is 1. The van der Waals surface area contributed by atoms with E-state index in [1.54, 1.807) is 14.0 Å². The van der Waals surface area contributed by atoms with Crippen molar-refractivity contribution in [3.63, 3.8) is 0 Å². The third kappa shape index (κ3) is 2.71. The number of hydrogen-bond acceptors (Lipinski definition) is 8. The van der Waals surface area contributed by atoms with Crippen molar-refractivity contribution in [2.75, 3.05) is 17.9 Å². The fraction of sp³-hybridized carbons (Fsp3) is 0.600. The van der Waals surface area contributed by atoms with Crippen molar-refractivity contribution in [2.45, 2.75) is 31.9 Å². The minimum absolute atomic E-state index is 0.114. The highest BCUT2D eigenvalue weighted by Crippen LogP contribution is 2.31. The minimum atomic E-state index is -0.496. The number of nitrogen functional groups attached to an aromatic ring is 1. The van der Waals surface area contributed by atoms with Crippen LogP contribution in [-0.2, 0) is 4.74 Å². The number of anilines is 2. The van der Waals surface area contributed by atoms with Gasteiger partial charge in [-0.2, -0.15) is 4.98 Å². The maximum atomic E-state index is 11.1. The molecule has 0 saturated heterocycles. The third-order valence-corrected chi connectivity index (χ3v) is 3.14. The molecule has 1 aromatic rings. The van der Waals surface area contributed by atoms with E-state index in [1.807, 2.05) is 0 Å². The summed E-state index contributed by atoms with van der Waals surface area (Å²) in [5.41, 5.74) is 2.43. The van der Waals surface area contributed by atoms with Gasteiger partial charge in [-0.1, -0.05) is 0 Å². The summed E-state index contributed by atoms with van der Waals surface area (Å²) < 4.78 is 5.16. The first kappa shape index (κ1) is 13.4. The molecule has 4 N–H and O–H groups in total. The molecule has 0 atom stereocenters. The Bertz CT molecular complexity index is 488. The van der Waals surface area contributed by atoms with Crippen molar-refractivity contribution >= 4 is 17.5 Å². The molecule has 0 amide bonds. The van der Waals surface area contributed by atoms with E-state index >= 15 is 0 Å². The number of hydrazine groups is 1. The van der Waals surface area contributed by atoms with Gasteiger partial charge in [0.05, 0.1) is 11.0 Å². The molecule has 104 valence electrons. The summed E-state index contributed by atoms with van der Waals surface area (Å²) in [6.07, 6.45) is 1.79. The van der Waals surface area contributed by atoms with Gasteiger partial charge in [-0.05, 0) is 19.8 Å². The Hall–Kier alpha value is -2.00. The van der Waals surface area contributed by atoms with E-state index in [9.17, 15) is 10.1 Å². The molecular weight excluding hydrogens is 252 g/mol. The van der Waals surface area contributed by atoms with Gasteiger partial charge in [-0.3, -0.25) is 15.5 Å². The Kier molecular flexibility index (Phi) is 3.76. The van der Waals surface area contributed by atoms with Crippen LogP contribution in [-0.4, -0.2) is 34.1 Å². The van der Waals surface area contributed by atoms with E-state index < -0.39 is 4.92 Å². The number of nitrogens with two attached hydrogens (primary N) is 1. The van der Waals surface area contributed by atoms with Crippen molar-refractivity contribution in [3.8, 4) is 0 Å². The molecule has 0 aliphatic heterocycles. The average molecular weight is 268 g/mol. The van der Waals surface area contributed by atoms with Crippen molar-refractivity contribution in [1.29, 1.82) is 0 Å². The zero-order valence-electron chi connectivity index (χ0n) is 10.7. The van der Waals surface area contributed by atoms with E-state index in [0.717, 1.165) is 12.8 Å². The molecule has 0 spiro atoms. The van der Waals surface area contributed by atoms with E-state index in [1.165, 1.54) is 0 Å². The van der Waals surface area contributed by atoms with Gasteiger partial charge in [0, 0.05) is 13.2 Å². The SMILES string of the molecule is COC1CC(Nc2nc(NN)nc(C)c2[N+](=O)[O-])C1. The molecule has 0 unspecified atom stereocenters. The van der Waals surface area contributed by atoms with E-state index in [4.69, 9.17) is 10.6 Å². The zero-order chi connectivity index (χ0) is 14.0. The summed E-state index contributed by atoms with van der Waals surface area (Å²) in [6.45, 7) is 1.55. The van der Waals surface area contributed by atoms with Crippen LogP contribution in [0.15, 0.2) is 0 Å². The van der Waals surface area contributed by atoms with Gasteiger partial charge in [0.1, 0.15) is 5.69 Å². The fourth-order valence-corrected chi connectivity index (χ4v) is 2.02. The number of methoxy groups -OCH3 is 1. The van der Waals surface area contributed by atoms with E-state index in [-0.39, 0.29) is 35.3 Å². The summed E-state index contributed by atoms with van der Waals surface area (Å²) in [6, 6.07) is 0.114. The number of aryl methyl sites for hydroxylation is 1. The van der Waals surface area contributed by atoms with Crippen LogP contribution in [0.25, 0.3) is 0 Å². The Morgan fingerprint density at radius 3 is 2.68 bits per heavy atom. The highest BCUT2D eigenvalue weighted by atomic mass is 16.6. The van der Waals surface area contributed by atoms with Crippen LogP contribution in [0.3, 0.4) is 0 Å². The molecule has 9 heteroatoms. The predicted molar refractivity (Wildman–Crippen MR) is 68.7 cm³/mol. The Morgan fingerprint density at radius 2 is 2.16 bits per heavy atom. The minimum Gasteiger partial charge on any atom is -0.381 e. The summed E-state index contributed by atoms with van der Waals surface area (Å²) >= 11 is 0. The Balaban J connectivity index is 2.22. The van der Waals surface area contributed by atoms with Crippen LogP contribution in [0.5, 0.6) is 0 Å². The lowest BCUT2D eigenvalue weighted by atomic mass is 9.89. The largest absolute Gasteiger partial charge is 0.381 e. The van der Waals surface area contributed by atoms with Crippen LogP contribution in [0.4, 0.5) is 17.5 Å². The zero-order valence-corrected chi connectivity index (χ0v) is 10.7. The van der Waals surface area contributed by atoms with Crippen LogP contribution >= 0.6 is 0 Å². The number of nitrogens with zero attached hydrogens (tertiary/aromatic N) is 3. The Morgan fingerprint density at radius 1 is 1.47 bits per heavy atom. The summed E-state index contributed by atoms with van der Waals surface area (Å²) in [5.74, 6) is 5.57. The van der Waals surface area contributed by atoms with E-state index in [0.29, 0.717) is 0 Å². The maximum Gasteiger partial charge on any atom is 0.332 e. The molecule has 1 aromatic heterocycles. The molecular formula is C10H16N6O3. The van der Waals surface area contributed by atoms with Crippen LogP contribution in [0.2, 0.25) is 0 Å². The topological polar surface area (TPSA) is 128 Å². The average Bonchev–Trinajstić information content (AvgIpc) is 2.31. The Labute approximate surface area is 109 Å². The van der Waals surface area contributed by atoms with Crippen LogP contribution in [0.1, 0.15) is 18.5 Å². The lowest BCUT2D eigenvalue weighted by molar-refractivity contribution is -0.385. The van der Waals surface area contributed by atoms with Crippen molar-refractivity contribution in [3.05, 3.63) is 15.8 Å². The second-order valence-electron chi connectivity index (χ2n) is 4.40. The van der Waals surface area contributed by atoms with Gasteiger partial charge in [0.2, 0.25) is 11.8 Å². The number of rotatable bonds is 5. The smallest absolute Gasteiger partial charge is 0.332 e. The number of nitrogens with one attached hydrogen (secondary N) is 2. The fourth-order valence-electron chi connectivity index (χ4n) is 2.02. The molecule has 2 rings (SSSR count). The van der Waals surface area contributed by atoms with Crippen LogP contribution < -0.4 is 16.6 Å². The monoisotopic (exact) mass is 268 g/mol. The lowest BCUT2D eigenvalue weighted by Gasteiger charge is -2.34.